The van der Waals surface area contributed by atoms with Gasteiger partial charge in [-0.05, 0) is 93.2 Å². The van der Waals surface area contributed by atoms with Crippen molar-refractivity contribution in [1.29, 1.82) is 0 Å². The Kier molecular flexibility index (Phi) is 2.73. The summed E-state index contributed by atoms with van der Waals surface area (Å²) in [4.78, 5) is 0. The number of halogens is 1. The molecule has 0 radical (unpaired) electrons. The molecule has 4 aromatic carbocycles. The smallest absolute Gasteiger partial charge is 0.0484 e. The van der Waals surface area contributed by atoms with E-state index in [0.717, 1.165) is 39.5 Å². The van der Waals surface area contributed by atoms with Crippen LogP contribution in [0.1, 0.15) is 30.4 Å². The molecule has 0 aromatic heterocycles. The Hall–Kier alpha value is -2.57. The zero-order valence-electron chi connectivity index (χ0n) is 17.8. The molecule has 0 nitrogen and oxygen atoms in total. The summed E-state index contributed by atoms with van der Waals surface area (Å²) < 4.78 is 0. The van der Waals surface area contributed by atoms with Gasteiger partial charge in [-0.1, -0.05) is 84.4 Å². The summed E-state index contributed by atoms with van der Waals surface area (Å²) in [6.07, 6.45) is 4.43. The van der Waals surface area contributed by atoms with Crippen molar-refractivity contribution in [2.45, 2.75) is 24.7 Å². The maximum atomic E-state index is 6.59. The van der Waals surface area contributed by atoms with Crippen molar-refractivity contribution in [3.63, 3.8) is 0 Å². The molecule has 5 aliphatic carbocycles. The first-order valence-corrected chi connectivity index (χ1v) is 12.6. The third-order valence-electron chi connectivity index (χ3n) is 10.6. The van der Waals surface area contributed by atoms with E-state index in [1.807, 2.05) is 0 Å². The van der Waals surface area contributed by atoms with E-state index in [9.17, 15) is 0 Å². The van der Waals surface area contributed by atoms with Crippen molar-refractivity contribution < 1.29 is 0 Å². The molecule has 4 saturated carbocycles. The van der Waals surface area contributed by atoms with Crippen molar-refractivity contribution >= 4 is 22.4 Å². The molecule has 32 heavy (non-hydrogen) atoms. The highest BCUT2D eigenvalue weighted by atomic mass is 35.5. The molecule has 2 spiro atoms. The SMILES string of the molecule is Clc1ccc(-c2cccc3c2-c2ccccc2C32C3CC4CC5CC2C453)c2ccccc12. The minimum absolute atomic E-state index is 0.275. The number of hydrogen-bond acceptors (Lipinski definition) is 0. The molecule has 154 valence electrons. The molecule has 4 aromatic rings. The first kappa shape index (κ1) is 17.0. The summed E-state index contributed by atoms with van der Waals surface area (Å²) >= 11 is 6.59. The molecule has 9 rings (SSSR count). The van der Waals surface area contributed by atoms with Gasteiger partial charge in [0.05, 0.1) is 0 Å². The molecule has 0 saturated heterocycles. The van der Waals surface area contributed by atoms with E-state index in [4.69, 9.17) is 11.6 Å². The molecule has 1 heteroatoms. The number of benzene rings is 4. The van der Waals surface area contributed by atoms with Crippen LogP contribution in [0.15, 0.2) is 78.9 Å². The average Bonchev–Trinajstić information content (AvgIpc) is 3.09. The fraction of sp³-hybridized carbons (Fsp3) is 0.290. The van der Waals surface area contributed by atoms with E-state index in [2.05, 4.69) is 78.9 Å². The second kappa shape index (κ2) is 5.15. The standard InChI is InChI=1S/C31H23Cl/c32-26-13-12-20(19-6-1-2-7-21(19)26)22-9-5-11-25-29(22)23-8-3-4-10-24(23)31(25)27-15-17-14-18-16-28(31)30(17,18)27/h1-13,17-18,27-28H,14-16H2. The first-order chi connectivity index (χ1) is 15.8. The van der Waals surface area contributed by atoms with Crippen LogP contribution in [0.4, 0.5) is 0 Å². The van der Waals surface area contributed by atoms with E-state index in [1.54, 1.807) is 11.1 Å². The Labute approximate surface area is 193 Å². The van der Waals surface area contributed by atoms with Gasteiger partial charge in [-0.3, -0.25) is 0 Å². The Morgan fingerprint density at radius 1 is 0.594 bits per heavy atom. The summed E-state index contributed by atoms with van der Waals surface area (Å²) in [6.45, 7) is 0. The fourth-order valence-electron chi connectivity index (χ4n) is 9.74. The third-order valence-corrected chi connectivity index (χ3v) is 11.0. The lowest BCUT2D eigenvalue weighted by atomic mass is 9.11. The quantitative estimate of drug-likeness (QED) is 0.286. The molecule has 0 amide bonds. The highest BCUT2D eigenvalue weighted by Gasteiger charge is 2.90. The van der Waals surface area contributed by atoms with Crippen molar-refractivity contribution in [2.75, 3.05) is 0 Å². The molecular weight excluding hydrogens is 408 g/mol. The topological polar surface area (TPSA) is 0 Å². The molecule has 4 unspecified atom stereocenters. The second-order valence-electron chi connectivity index (χ2n) is 11.0. The maximum Gasteiger partial charge on any atom is 0.0484 e. The Bertz CT molecular complexity index is 1490. The summed E-state index contributed by atoms with van der Waals surface area (Å²) in [5.41, 5.74) is 9.93. The lowest BCUT2D eigenvalue weighted by Gasteiger charge is -2.92. The highest BCUT2D eigenvalue weighted by molar-refractivity contribution is 6.36. The lowest BCUT2D eigenvalue weighted by Crippen LogP contribution is -2.88. The van der Waals surface area contributed by atoms with E-state index < -0.39 is 0 Å². The van der Waals surface area contributed by atoms with Crippen LogP contribution in [0.2, 0.25) is 5.02 Å². The van der Waals surface area contributed by atoms with Crippen LogP contribution < -0.4 is 0 Å². The van der Waals surface area contributed by atoms with Gasteiger partial charge in [0.15, 0.2) is 0 Å². The molecule has 4 fully saturated rings. The molecule has 0 heterocycles. The minimum atomic E-state index is 0.275. The van der Waals surface area contributed by atoms with Crippen LogP contribution in [-0.2, 0) is 5.41 Å². The first-order valence-electron chi connectivity index (χ1n) is 12.2. The molecular formula is C31H23Cl. The van der Waals surface area contributed by atoms with Gasteiger partial charge in [0.25, 0.3) is 0 Å². The summed E-state index contributed by atoms with van der Waals surface area (Å²) in [5, 5.41) is 3.23. The van der Waals surface area contributed by atoms with Crippen LogP contribution in [0.25, 0.3) is 33.0 Å². The van der Waals surface area contributed by atoms with Gasteiger partial charge in [0, 0.05) is 15.8 Å². The van der Waals surface area contributed by atoms with Gasteiger partial charge < -0.3 is 0 Å². The third kappa shape index (κ3) is 1.46. The molecule has 0 aliphatic heterocycles. The number of hydrogen-bond donors (Lipinski definition) is 0. The van der Waals surface area contributed by atoms with Gasteiger partial charge >= 0.3 is 0 Å². The molecule has 0 bridgehead atoms. The Morgan fingerprint density at radius 2 is 1.28 bits per heavy atom. The summed E-state index contributed by atoms with van der Waals surface area (Å²) in [6, 6.07) is 29.4. The van der Waals surface area contributed by atoms with Crippen LogP contribution in [-0.4, -0.2) is 0 Å². The monoisotopic (exact) mass is 430 g/mol. The van der Waals surface area contributed by atoms with Gasteiger partial charge in [0.1, 0.15) is 0 Å². The Morgan fingerprint density at radius 3 is 2.09 bits per heavy atom. The lowest BCUT2D eigenvalue weighted by molar-refractivity contribution is -0.412. The zero-order valence-corrected chi connectivity index (χ0v) is 18.6. The van der Waals surface area contributed by atoms with Crippen molar-refractivity contribution in [3.8, 4) is 22.3 Å². The average molecular weight is 431 g/mol. The van der Waals surface area contributed by atoms with Gasteiger partial charge in [0.2, 0.25) is 0 Å². The molecule has 4 atom stereocenters. The van der Waals surface area contributed by atoms with Gasteiger partial charge in [-0.15, -0.1) is 0 Å². The second-order valence-corrected chi connectivity index (χ2v) is 11.4. The van der Waals surface area contributed by atoms with E-state index in [-0.39, 0.29) is 5.41 Å². The highest BCUT2D eigenvalue weighted by Crippen LogP contribution is 2.94. The maximum absolute atomic E-state index is 6.59. The van der Waals surface area contributed by atoms with Crippen LogP contribution in [0.5, 0.6) is 0 Å². The van der Waals surface area contributed by atoms with Gasteiger partial charge in [-0.25, -0.2) is 0 Å². The van der Waals surface area contributed by atoms with E-state index >= 15 is 0 Å². The van der Waals surface area contributed by atoms with Crippen LogP contribution in [0, 0.1) is 29.1 Å². The summed E-state index contributed by atoms with van der Waals surface area (Å²) in [7, 11) is 0. The normalized spacial score (nSPS) is 36.2. The molecule has 5 aliphatic rings. The molecule has 0 N–H and O–H groups in total. The van der Waals surface area contributed by atoms with E-state index in [0.29, 0.717) is 0 Å². The minimum Gasteiger partial charge on any atom is -0.0837 e. The predicted octanol–water partition coefficient (Wildman–Crippen LogP) is 8.10. The van der Waals surface area contributed by atoms with Crippen LogP contribution in [0.3, 0.4) is 0 Å². The fourth-order valence-corrected chi connectivity index (χ4v) is 9.96. The van der Waals surface area contributed by atoms with Gasteiger partial charge in [-0.2, -0.15) is 0 Å². The van der Waals surface area contributed by atoms with Crippen molar-refractivity contribution in [2.24, 2.45) is 29.1 Å². The number of fused-ring (bicyclic) bond motifs is 8. The Balaban J connectivity index is 1.36. The zero-order chi connectivity index (χ0) is 20.8. The largest absolute Gasteiger partial charge is 0.0837 e. The predicted molar refractivity (Wildman–Crippen MR) is 131 cm³/mol. The van der Waals surface area contributed by atoms with E-state index in [1.165, 1.54) is 46.9 Å². The van der Waals surface area contributed by atoms with Crippen molar-refractivity contribution in [3.05, 3.63) is 95.0 Å². The number of rotatable bonds is 1. The van der Waals surface area contributed by atoms with Crippen molar-refractivity contribution in [1.82, 2.24) is 0 Å². The van der Waals surface area contributed by atoms with Crippen LogP contribution >= 0.6 is 11.6 Å². The summed E-state index contributed by atoms with van der Waals surface area (Å²) in [5.74, 6) is 3.83.